The SMILES string of the molecule is CN=C(NCC(=O)NC)NCc1oc2ccccc2c1C.I. The number of furan rings is 1. The van der Waals surface area contributed by atoms with Crippen LogP contribution in [0, 0.1) is 6.92 Å². The Kier molecular flexibility index (Phi) is 7.16. The number of para-hydroxylation sites is 1. The zero-order chi connectivity index (χ0) is 15.2. The molecule has 0 saturated heterocycles. The third-order valence-electron chi connectivity index (χ3n) is 3.28. The van der Waals surface area contributed by atoms with Crippen LogP contribution in [0.3, 0.4) is 0 Å². The molecule has 6 nitrogen and oxygen atoms in total. The van der Waals surface area contributed by atoms with E-state index in [1.54, 1.807) is 14.1 Å². The number of carbonyl (C=O) groups excluding carboxylic acids is 1. The van der Waals surface area contributed by atoms with Crippen molar-refractivity contribution in [3.63, 3.8) is 0 Å². The van der Waals surface area contributed by atoms with Crippen molar-refractivity contribution in [2.24, 2.45) is 4.99 Å². The number of guanidine groups is 1. The minimum absolute atomic E-state index is 0. The maximum atomic E-state index is 11.2. The van der Waals surface area contributed by atoms with Crippen molar-refractivity contribution in [1.29, 1.82) is 0 Å². The Morgan fingerprint density at radius 1 is 1.27 bits per heavy atom. The molecular formula is C15H21IN4O2. The fourth-order valence-electron chi connectivity index (χ4n) is 2.03. The molecule has 0 fully saturated rings. The van der Waals surface area contributed by atoms with E-state index in [0.29, 0.717) is 12.5 Å². The first kappa shape index (κ1) is 18.3. The molecule has 0 aliphatic heterocycles. The first-order valence-corrected chi connectivity index (χ1v) is 6.77. The molecule has 0 saturated carbocycles. The molecule has 0 spiro atoms. The molecule has 0 radical (unpaired) electrons. The molecule has 0 atom stereocenters. The first-order chi connectivity index (χ1) is 10.2. The quantitative estimate of drug-likeness (QED) is 0.404. The fourth-order valence-corrected chi connectivity index (χ4v) is 2.03. The molecule has 2 aromatic rings. The molecule has 22 heavy (non-hydrogen) atoms. The Hall–Kier alpha value is -1.77. The molecular weight excluding hydrogens is 395 g/mol. The lowest BCUT2D eigenvalue weighted by atomic mass is 10.1. The summed E-state index contributed by atoms with van der Waals surface area (Å²) >= 11 is 0. The first-order valence-electron chi connectivity index (χ1n) is 6.77. The number of halogens is 1. The van der Waals surface area contributed by atoms with Gasteiger partial charge in [-0.15, -0.1) is 24.0 Å². The zero-order valence-electron chi connectivity index (χ0n) is 12.9. The van der Waals surface area contributed by atoms with E-state index >= 15 is 0 Å². The van der Waals surface area contributed by atoms with E-state index in [2.05, 4.69) is 20.9 Å². The van der Waals surface area contributed by atoms with Crippen molar-refractivity contribution in [2.75, 3.05) is 20.6 Å². The molecule has 120 valence electrons. The number of likely N-dealkylation sites (N-methyl/N-ethyl adjacent to an activating group) is 1. The Bertz CT molecular complexity index is 667. The second-order valence-electron chi connectivity index (χ2n) is 4.60. The number of rotatable bonds is 4. The Morgan fingerprint density at radius 3 is 2.64 bits per heavy atom. The number of hydrogen-bond donors (Lipinski definition) is 3. The third-order valence-corrected chi connectivity index (χ3v) is 3.28. The summed E-state index contributed by atoms with van der Waals surface area (Å²) in [6.07, 6.45) is 0. The minimum Gasteiger partial charge on any atom is -0.459 e. The molecule has 7 heteroatoms. The molecule has 1 heterocycles. The number of hydrogen-bond acceptors (Lipinski definition) is 3. The lowest BCUT2D eigenvalue weighted by molar-refractivity contribution is -0.119. The van der Waals surface area contributed by atoms with Crippen molar-refractivity contribution in [3.8, 4) is 0 Å². The number of nitrogens with zero attached hydrogens (tertiary/aromatic N) is 1. The van der Waals surface area contributed by atoms with Gasteiger partial charge in [0.15, 0.2) is 5.96 Å². The van der Waals surface area contributed by atoms with E-state index in [4.69, 9.17) is 4.42 Å². The number of amides is 1. The van der Waals surface area contributed by atoms with Crippen LogP contribution in [0.4, 0.5) is 0 Å². The van der Waals surface area contributed by atoms with Crippen LogP contribution in [0.15, 0.2) is 33.7 Å². The molecule has 1 amide bonds. The topological polar surface area (TPSA) is 78.7 Å². The van der Waals surface area contributed by atoms with Crippen LogP contribution < -0.4 is 16.0 Å². The lowest BCUT2D eigenvalue weighted by Crippen LogP contribution is -2.42. The maximum absolute atomic E-state index is 11.2. The van der Waals surface area contributed by atoms with E-state index in [0.717, 1.165) is 22.3 Å². The van der Waals surface area contributed by atoms with Gasteiger partial charge in [0.05, 0.1) is 13.1 Å². The molecule has 1 aromatic heterocycles. The smallest absolute Gasteiger partial charge is 0.239 e. The van der Waals surface area contributed by atoms with Crippen LogP contribution in [-0.4, -0.2) is 32.5 Å². The number of benzene rings is 1. The van der Waals surface area contributed by atoms with Gasteiger partial charge in [-0.05, 0) is 13.0 Å². The molecule has 0 bridgehead atoms. The summed E-state index contributed by atoms with van der Waals surface area (Å²) in [6.45, 7) is 2.72. The van der Waals surface area contributed by atoms with E-state index < -0.39 is 0 Å². The van der Waals surface area contributed by atoms with Crippen molar-refractivity contribution in [1.82, 2.24) is 16.0 Å². The largest absolute Gasteiger partial charge is 0.459 e. The van der Waals surface area contributed by atoms with E-state index in [1.165, 1.54) is 0 Å². The Morgan fingerprint density at radius 2 is 2.00 bits per heavy atom. The fraction of sp³-hybridized carbons (Fsp3) is 0.333. The average Bonchev–Trinajstić information content (AvgIpc) is 2.84. The third kappa shape index (κ3) is 4.36. The van der Waals surface area contributed by atoms with Gasteiger partial charge in [-0.1, -0.05) is 18.2 Å². The summed E-state index contributed by atoms with van der Waals surface area (Å²) in [4.78, 5) is 15.3. The van der Waals surface area contributed by atoms with Crippen LogP contribution in [0.5, 0.6) is 0 Å². The lowest BCUT2D eigenvalue weighted by Gasteiger charge is -2.10. The summed E-state index contributed by atoms with van der Waals surface area (Å²) in [5.74, 6) is 1.32. The van der Waals surface area contributed by atoms with Gasteiger partial charge in [0.1, 0.15) is 11.3 Å². The molecule has 1 aromatic carbocycles. The van der Waals surface area contributed by atoms with Crippen molar-refractivity contribution < 1.29 is 9.21 Å². The highest BCUT2D eigenvalue weighted by atomic mass is 127. The highest BCUT2D eigenvalue weighted by Gasteiger charge is 2.10. The van der Waals surface area contributed by atoms with Crippen molar-refractivity contribution in [3.05, 3.63) is 35.6 Å². The van der Waals surface area contributed by atoms with Crippen LogP contribution in [0.1, 0.15) is 11.3 Å². The predicted octanol–water partition coefficient (Wildman–Crippen LogP) is 1.77. The monoisotopic (exact) mass is 416 g/mol. The Labute approximate surface area is 146 Å². The van der Waals surface area contributed by atoms with E-state index in [-0.39, 0.29) is 36.4 Å². The van der Waals surface area contributed by atoms with Crippen LogP contribution in [0.25, 0.3) is 11.0 Å². The average molecular weight is 416 g/mol. The van der Waals surface area contributed by atoms with Gasteiger partial charge in [-0.25, -0.2) is 0 Å². The summed E-state index contributed by atoms with van der Waals surface area (Å²) < 4.78 is 5.82. The van der Waals surface area contributed by atoms with Crippen molar-refractivity contribution >= 4 is 46.8 Å². The highest BCUT2D eigenvalue weighted by Crippen LogP contribution is 2.24. The number of carbonyl (C=O) groups is 1. The summed E-state index contributed by atoms with van der Waals surface area (Å²) in [5.41, 5.74) is 1.99. The second kappa shape index (κ2) is 8.62. The van der Waals surface area contributed by atoms with Crippen molar-refractivity contribution in [2.45, 2.75) is 13.5 Å². The molecule has 0 aliphatic rings. The maximum Gasteiger partial charge on any atom is 0.239 e. The molecule has 0 unspecified atom stereocenters. The van der Waals surface area contributed by atoms with Gasteiger partial charge in [-0.2, -0.15) is 0 Å². The van der Waals surface area contributed by atoms with Gasteiger partial charge in [-0.3, -0.25) is 9.79 Å². The molecule has 2 rings (SSSR count). The summed E-state index contributed by atoms with van der Waals surface area (Å²) in [6, 6.07) is 7.93. The summed E-state index contributed by atoms with van der Waals surface area (Å²) in [5, 5.41) is 9.72. The normalized spacial score (nSPS) is 11.0. The van der Waals surface area contributed by atoms with Gasteiger partial charge >= 0.3 is 0 Å². The Balaban J connectivity index is 0.00000242. The number of fused-ring (bicyclic) bond motifs is 1. The van der Waals surface area contributed by atoms with Crippen LogP contribution >= 0.6 is 24.0 Å². The van der Waals surface area contributed by atoms with Gasteiger partial charge < -0.3 is 20.4 Å². The number of aliphatic imine (C=N–C) groups is 1. The molecule has 0 aliphatic carbocycles. The molecule has 3 N–H and O–H groups in total. The van der Waals surface area contributed by atoms with Gasteiger partial charge in [0.25, 0.3) is 0 Å². The van der Waals surface area contributed by atoms with Crippen LogP contribution in [-0.2, 0) is 11.3 Å². The standard InChI is InChI=1S/C15H20N4O2.HI/c1-10-11-6-4-5-7-12(11)21-13(10)8-18-15(17-3)19-9-14(20)16-2;/h4-7H,8-9H2,1-3H3,(H,16,20)(H2,17,18,19);1H. The summed E-state index contributed by atoms with van der Waals surface area (Å²) in [7, 11) is 3.25. The van der Waals surface area contributed by atoms with Gasteiger partial charge in [0, 0.05) is 25.0 Å². The second-order valence-corrected chi connectivity index (χ2v) is 4.60. The van der Waals surface area contributed by atoms with E-state index in [9.17, 15) is 4.79 Å². The zero-order valence-corrected chi connectivity index (χ0v) is 15.2. The van der Waals surface area contributed by atoms with Crippen LogP contribution in [0.2, 0.25) is 0 Å². The minimum atomic E-state index is -0.0992. The van der Waals surface area contributed by atoms with E-state index in [1.807, 2.05) is 31.2 Å². The van der Waals surface area contributed by atoms with Gasteiger partial charge in [0.2, 0.25) is 5.91 Å². The number of aryl methyl sites for hydroxylation is 1. The highest BCUT2D eigenvalue weighted by molar-refractivity contribution is 14.0. The predicted molar refractivity (Wildman–Crippen MR) is 98.6 cm³/mol. The number of nitrogens with one attached hydrogen (secondary N) is 3.